The van der Waals surface area contributed by atoms with Gasteiger partial charge in [-0.1, -0.05) is 0 Å². The molecule has 0 spiro atoms. The van der Waals surface area contributed by atoms with Crippen molar-refractivity contribution in [3.8, 4) is 0 Å². The maximum absolute atomic E-state index is 4.08. The molecule has 0 radical (unpaired) electrons. The van der Waals surface area contributed by atoms with Crippen molar-refractivity contribution < 1.29 is 0 Å². The lowest BCUT2D eigenvalue weighted by Crippen LogP contribution is -2.06. The van der Waals surface area contributed by atoms with Crippen LogP contribution in [0.4, 0.5) is 5.95 Å². The van der Waals surface area contributed by atoms with Crippen LogP contribution in [0.3, 0.4) is 0 Å². The molecule has 1 aromatic rings. The van der Waals surface area contributed by atoms with Crippen LogP contribution in [0.2, 0.25) is 0 Å². The maximum atomic E-state index is 4.08. The van der Waals surface area contributed by atoms with Crippen LogP contribution in [0.5, 0.6) is 0 Å². The number of anilines is 1. The highest BCUT2D eigenvalue weighted by molar-refractivity contribution is 5.20. The van der Waals surface area contributed by atoms with Gasteiger partial charge in [-0.05, 0) is 7.05 Å². The van der Waals surface area contributed by atoms with Crippen molar-refractivity contribution >= 4 is 5.95 Å². The van der Waals surface area contributed by atoms with E-state index in [2.05, 4.69) is 25.8 Å². The number of H-pyrrole nitrogens is 1. The molecule has 0 aliphatic rings. The molecule has 1 aromatic heterocycles. The van der Waals surface area contributed by atoms with E-state index in [1.165, 1.54) is 0 Å². The Hall–Kier alpha value is -1.10. The van der Waals surface area contributed by atoms with Gasteiger partial charge in [-0.2, -0.15) is 4.98 Å². The van der Waals surface area contributed by atoms with Gasteiger partial charge in [0.05, 0.1) is 6.54 Å². The Bertz CT molecular complexity index is 194. The van der Waals surface area contributed by atoms with Gasteiger partial charge in [-0.3, -0.25) is 5.10 Å². The molecule has 0 aliphatic heterocycles. The molecule has 5 heteroatoms. The number of hydrogen-bond acceptors (Lipinski definition) is 4. The smallest absolute Gasteiger partial charge is 0.241 e. The Morgan fingerprint density at radius 3 is 2.80 bits per heavy atom. The van der Waals surface area contributed by atoms with Gasteiger partial charge in [-0.25, -0.2) is 0 Å². The molecular weight excluding hydrogens is 130 g/mol. The van der Waals surface area contributed by atoms with Gasteiger partial charge in [0.25, 0.3) is 0 Å². The van der Waals surface area contributed by atoms with E-state index in [9.17, 15) is 0 Å². The highest BCUT2D eigenvalue weighted by Gasteiger charge is 1.96. The Morgan fingerprint density at radius 1 is 1.50 bits per heavy atom. The number of aromatic nitrogens is 3. The van der Waals surface area contributed by atoms with Crippen LogP contribution in [-0.4, -0.2) is 29.3 Å². The van der Waals surface area contributed by atoms with Crippen LogP contribution in [0.1, 0.15) is 5.82 Å². The summed E-state index contributed by atoms with van der Waals surface area (Å²) in [4.78, 5) is 4.08. The summed E-state index contributed by atoms with van der Waals surface area (Å²) in [6.45, 7) is 0.717. The second kappa shape index (κ2) is 3.17. The Labute approximate surface area is 59.2 Å². The van der Waals surface area contributed by atoms with E-state index in [4.69, 9.17) is 0 Å². The van der Waals surface area contributed by atoms with E-state index in [0.29, 0.717) is 12.5 Å². The van der Waals surface area contributed by atoms with E-state index < -0.39 is 0 Å². The van der Waals surface area contributed by atoms with Gasteiger partial charge in [-0.15, -0.1) is 5.10 Å². The van der Waals surface area contributed by atoms with Gasteiger partial charge in [0.2, 0.25) is 5.95 Å². The average molecular weight is 141 g/mol. The molecule has 0 fully saturated rings. The first kappa shape index (κ1) is 7.01. The largest absolute Gasteiger partial charge is 0.356 e. The summed E-state index contributed by atoms with van der Waals surface area (Å²) < 4.78 is 0. The zero-order valence-corrected chi connectivity index (χ0v) is 6.10. The molecule has 0 bridgehead atoms. The lowest BCUT2D eigenvalue weighted by Gasteiger charge is -1.89. The molecule has 0 amide bonds. The summed E-state index contributed by atoms with van der Waals surface area (Å²) >= 11 is 0. The molecule has 10 heavy (non-hydrogen) atoms. The predicted molar refractivity (Wildman–Crippen MR) is 38.7 cm³/mol. The summed E-state index contributed by atoms with van der Waals surface area (Å²) in [6, 6.07) is 0. The normalized spacial score (nSPS) is 9.80. The molecule has 3 N–H and O–H groups in total. The van der Waals surface area contributed by atoms with E-state index in [1.54, 1.807) is 7.05 Å². The molecule has 1 heterocycles. The van der Waals surface area contributed by atoms with E-state index in [-0.39, 0.29) is 0 Å². The highest BCUT2D eigenvalue weighted by Crippen LogP contribution is 1.94. The summed E-state index contributed by atoms with van der Waals surface area (Å²) in [7, 11) is 3.65. The molecular formula is C5H11N5. The fourth-order valence-corrected chi connectivity index (χ4v) is 0.654. The Kier molecular flexibility index (Phi) is 2.22. The number of hydrogen-bond donors (Lipinski definition) is 3. The SMILES string of the molecule is CNCc1nc(NC)n[nH]1. The van der Waals surface area contributed by atoms with Crippen molar-refractivity contribution in [2.24, 2.45) is 0 Å². The highest BCUT2D eigenvalue weighted by atomic mass is 15.3. The van der Waals surface area contributed by atoms with Gasteiger partial charge in [0.1, 0.15) is 5.82 Å². The van der Waals surface area contributed by atoms with Gasteiger partial charge in [0.15, 0.2) is 0 Å². The fraction of sp³-hybridized carbons (Fsp3) is 0.600. The summed E-state index contributed by atoms with van der Waals surface area (Å²) in [5, 5.41) is 12.4. The molecule has 56 valence electrons. The summed E-state index contributed by atoms with van der Waals surface area (Å²) in [5.41, 5.74) is 0. The van der Waals surface area contributed by atoms with Crippen LogP contribution in [0, 0.1) is 0 Å². The third kappa shape index (κ3) is 1.44. The predicted octanol–water partition coefficient (Wildman–Crippen LogP) is -0.434. The van der Waals surface area contributed by atoms with Gasteiger partial charge < -0.3 is 10.6 Å². The topological polar surface area (TPSA) is 65.6 Å². The quantitative estimate of drug-likeness (QED) is 0.534. The van der Waals surface area contributed by atoms with E-state index >= 15 is 0 Å². The van der Waals surface area contributed by atoms with Crippen LogP contribution < -0.4 is 10.6 Å². The first-order valence-electron chi connectivity index (χ1n) is 3.10. The minimum absolute atomic E-state index is 0.630. The van der Waals surface area contributed by atoms with Gasteiger partial charge >= 0.3 is 0 Å². The van der Waals surface area contributed by atoms with Crippen molar-refractivity contribution in [3.63, 3.8) is 0 Å². The van der Waals surface area contributed by atoms with E-state index in [1.807, 2.05) is 7.05 Å². The number of nitrogens with one attached hydrogen (secondary N) is 3. The molecule has 1 rings (SSSR count). The van der Waals surface area contributed by atoms with Crippen molar-refractivity contribution in [3.05, 3.63) is 5.82 Å². The van der Waals surface area contributed by atoms with Crippen LogP contribution in [0.15, 0.2) is 0 Å². The van der Waals surface area contributed by atoms with Crippen molar-refractivity contribution in [1.29, 1.82) is 0 Å². The third-order valence-electron chi connectivity index (χ3n) is 1.10. The lowest BCUT2D eigenvalue weighted by molar-refractivity contribution is 0.763. The number of aromatic amines is 1. The van der Waals surface area contributed by atoms with Gasteiger partial charge in [0, 0.05) is 7.05 Å². The van der Waals surface area contributed by atoms with E-state index in [0.717, 1.165) is 5.82 Å². The maximum Gasteiger partial charge on any atom is 0.241 e. The number of nitrogens with zero attached hydrogens (tertiary/aromatic N) is 2. The van der Waals surface area contributed by atoms with Crippen molar-refractivity contribution in [2.45, 2.75) is 6.54 Å². The first-order chi connectivity index (χ1) is 4.86. The second-order valence-corrected chi connectivity index (χ2v) is 1.89. The van der Waals surface area contributed by atoms with Crippen molar-refractivity contribution in [1.82, 2.24) is 20.5 Å². The Morgan fingerprint density at radius 2 is 2.30 bits per heavy atom. The van der Waals surface area contributed by atoms with Crippen LogP contribution in [-0.2, 0) is 6.54 Å². The first-order valence-corrected chi connectivity index (χ1v) is 3.10. The minimum atomic E-state index is 0.630. The summed E-state index contributed by atoms with van der Waals surface area (Å²) in [5.74, 6) is 1.47. The third-order valence-corrected chi connectivity index (χ3v) is 1.10. The molecule has 0 saturated heterocycles. The number of rotatable bonds is 3. The van der Waals surface area contributed by atoms with Crippen molar-refractivity contribution in [2.75, 3.05) is 19.4 Å². The molecule has 0 atom stereocenters. The molecule has 0 aromatic carbocycles. The fourth-order valence-electron chi connectivity index (χ4n) is 0.654. The molecule has 0 unspecified atom stereocenters. The van der Waals surface area contributed by atoms with Crippen LogP contribution >= 0.6 is 0 Å². The minimum Gasteiger partial charge on any atom is -0.356 e. The zero-order valence-electron chi connectivity index (χ0n) is 6.10. The monoisotopic (exact) mass is 141 g/mol. The molecule has 5 nitrogen and oxygen atoms in total. The average Bonchev–Trinajstić information content (AvgIpc) is 2.37. The molecule has 0 saturated carbocycles. The standard InChI is InChI=1S/C5H11N5/c1-6-3-4-8-5(7-2)10-9-4/h6H,3H2,1-2H3,(H2,7,8,9,10). The van der Waals surface area contributed by atoms with Crippen LogP contribution in [0.25, 0.3) is 0 Å². The zero-order chi connectivity index (χ0) is 7.40. The lowest BCUT2D eigenvalue weighted by atomic mass is 10.6. The summed E-state index contributed by atoms with van der Waals surface area (Å²) in [6.07, 6.45) is 0. The second-order valence-electron chi connectivity index (χ2n) is 1.89. The molecule has 0 aliphatic carbocycles. The Balaban J connectivity index is 2.59.